The molecule has 1 aromatic heterocycles. The van der Waals surface area contributed by atoms with Gasteiger partial charge in [0.25, 0.3) is 0 Å². The minimum atomic E-state index is -0.214. The fraction of sp³-hybridized carbons (Fsp3) is 0.231. The molecule has 6 heteroatoms. The molecule has 19 heavy (non-hydrogen) atoms. The van der Waals surface area contributed by atoms with Crippen LogP contribution in [0.4, 0.5) is 4.39 Å². The lowest BCUT2D eigenvalue weighted by atomic mass is 10.1. The minimum absolute atomic E-state index is 0.0336. The first kappa shape index (κ1) is 15.7. The van der Waals surface area contributed by atoms with Crippen molar-refractivity contribution in [2.75, 3.05) is 6.54 Å². The van der Waals surface area contributed by atoms with E-state index in [4.69, 9.17) is 11.6 Å². The van der Waals surface area contributed by atoms with Crippen LogP contribution in [0.5, 0.6) is 0 Å². The molecule has 1 aromatic carbocycles. The van der Waals surface area contributed by atoms with E-state index in [0.717, 1.165) is 29.4 Å². The molecule has 0 aliphatic heterocycles. The highest BCUT2D eigenvalue weighted by Crippen LogP contribution is 2.38. The molecule has 0 saturated heterocycles. The van der Waals surface area contributed by atoms with Crippen LogP contribution >= 0.6 is 61.5 Å². The molecule has 2 aromatic rings. The maximum Gasteiger partial charge on any atom is 0.124 e. The zero-order valence-electron chi connectivity index (χ0n) is 10.0. The number of thiophene rings is 1. The second-order valence-electron chi connectivity index (χ2n) is 3.93. The van der Waals surface area contributed by atoms with Crippen molar-refractivity contribution in [3.63, 3.8) is 0 Å². The summed E-state index contributed by atoms with van der Waals surface area (Å²) in [4.78, 5) is 1.11. The van der Waals surface area contributed by atoms with Gasteiger partial charge in [0.1, 0.15) is 10.2 Å². The minimum Gasteiger partial charge on any atom is -0.306 e. The Morgan fingerprint density at radius 2 is 2.21 bits per heavy atom. The third-order valence-electron chi connectivity index (χ3n) is 2.63. The molecule has 0 bridgehead atoms. The zero-order valence-corrected chi connectivity index (χ0v) is 15.3. The van der Waals surface area contributed by atoms with Gasteiger partial charge in [-0.1, -0.05) is 24.6 Å². The molecule has 102 valence electrons. The lowest BCUT2D eigenvalue weighted by Gasteiger charge is -2.18. The van der Waals surface area contributed by atoms with Gasteiger partial charge < -0.3 is 5.32 Å². The van der Waals surface area contributed by atoms with Crippen LogP contribution in [0.15, 0.2) is 28.7 Å². The predicted octanol–water partition coefficient (Wildman–Crippen LogP) is 5.61. The highest BCUT2D eigenvalue weighted by Gasteiger charge is 2.19. The summed E-state index contributed by atoms with van der Waals surface area (Å²) in [5.41, 5.74) is 1.06. The average Bonchev–Trinajstić information content (AvgIpc) is 2.67. The first-order chi connectivity index (χ1) is 9.02. The van der Waals surface area contributed by atoms with Gasteiger partial charge in [-0.15, -0.1) is 11.3 Å². The summed E-state index contributed by atoms with van der Waals surface area (Å²) < 4.78 is 15.8. The number of hydrogen-bond donors (Lipinski definition) is 1. The lowest BCUT2D eigenvalue weighted by molar-refractivity contribution is 0.614. The maximum absolute atomic E-state index is 13.2. The van der Waals surface area contributed by atoms with Crippen molar-refractivity contribution >= 4 is 61.5 Å². The normalized spacial score (nSPS) is 12.7. The monoisotopic (exact) mass is 473 g/mol. The van der Waals surface area contributed by atoms with Crippen molar-refractivity contribution < 1.29 is 4.39 Å². The van der Waals surface area contributed by atoms with Crippen molar-refractivity contribution in [3.8, 4) is 0 Å². The van der Waals surface area contributed by atoms with E-state index in [-0.39, 0.29) is 11.9 Å². The molecule has 2 rings (SSSR count). The SMILES string of the molecule is CCNC(c1cc(Br)c(Cl)s1)c1ccc(F)cc1I. The Morgan fingerprint density at radius 3 is 2.74 bits per heavy atom. The van der Waals surface area contributed by atoms with Gasteiger partial charge in [-0.25, -0.2) is 4.39 Å². The van der Waals surface area contributed by atoms with E-state index in [0.29, 0.717) is 0 Å². The van der Waals surface area contributed by atoms with Gasteiger partial charge in [-0.2, -0.15) is 0 Å². The summed E-state index contributed by atoms with van der Waals surface area (Å²) in [5.74, 6) is -0.214. The van der Waals surface area contributed by atoms with Crippen LogP contribution in [0.1, 0.15) is 23.4 Å². The Bertz CT molecular complexity index is 571. The number of halogens is 4. The molecule has 1 unspecified atom stereocenters. The van der Waals surface area contributed by atoms with Crippen molar-refractivity contribution in [1.29, 1.82) is 0 Å². The van der Waals surface area contributed by atoms with Gasteiger partial charge in [0.15, 0.2) is 0 Å². The number of benzene rings is 1. The van der Waals surface area contributed by atoms with Crippen LogP contribution in [-0.4, -0.2) is 6.54 Å². The average molecular weight is 475 g/mol. The fourth-order valence-electron chi connectivity index (χ4n) is 1.81. The second-order valence-corrected chi connectivity index (χ2v) is 7.63. The summed E-state index contributed by atoms with van der Waals surface area (Å²) >= 11 is 13.2. The van der Waals surface area contributed by atoms with Crippen molar-refractivity contribution in [3.05, 3.63) is 52.9 Å². The molecule has 1 N–H and O–H groups in total. The van der Waals surface area contributed by atoms with Gasteiger partial charge in [-0.05, 0) is 68.8 Å². The molecule has 0 saturated carbocycles. The first-order valence-corrected chi connectivity index (χ1v) is 8.72. The highest BCUT2D eigenvalue weighted by molar-refractivity contribution is 14.1. The Balaban J connectivity index is 2.44. The van der Waals surface area contributed by atoms with Crippen LogP contribution in [-0.2, 0) is 0 Å². The summed E-state index contributed by atoms with van der Waals surface area (Å²) in [5, 5.41) is 3.42. The van der Waals surface area contributed by atoms with Gasteiger partial charge >= 0.3 is 0 Å². The number of nitrogens with one attached hydrogen (secondary N) is 1. The van der Waals surface area contributed by atoms with E-state index >= 15 is 0 Å². The molecule has 0 aliphatic rings. The van der Waals surface area contributed by atoms with E-state index in [9.17, 15) is 4.39 Å². The molecule has 0 radical (unpaired) electrons. The highest BCUT2D eigenvalue weighted by atomic mass is 127. The topological polar surface area (TPSA) is 12.0 Å². The summed E-state index contributed by atoms with van der Waals surface area (Å²) in [7, 11) is 0. The van der Waals surface area contributed by atoms with Crippen molar-refractivity contribution in [1.82, 2.24) is 5.32 Å². The molecular weight excluding hydrogens is 463 g/mol. The van der Waals surface area contributed by atoms with E-state index in [1.54, 1.807) is 6.07 Å². The largest absolute Gasteiger partial charge is 0.306 e. The molecule has 1 atom stereocenters. The van der Waals surface area contributed by atoms with Crippen LogP contribution in [0.2, 0.25) is 4.34 Å². The summed E-state index contributed by atoms with van der Waals surface area (Å²) in [6.45, 7) is 2.87. The van der Waals surface area contributed by atoms with E-state index < -0.39 is 0 Å². The Kier molecular flexibility index (Phi) is 5.65. The van der Waals surface area contributed by atoms with Gasteiger partial charge in [-0.3, -0.25) is 0 Å². The molecular formula is C13H11BrClFINS. The molecule has 0 amide bonds. The van der Waals surface area contributed by atoms with Crippen LogP contribution in [0.3, 0.4) is 0 Å². The summed E-state index contributed by atoms with van der Waals surface area (Å²) in [6, 6.07) is 6.91. The van der Waals surface area contributed by atoms with Crippen molar-refractivity contribution in [2.24, 2.45) is 0 Å². The Labute approximate surface area is 142 Å². The quantitative estimate of drug-likeness (QED) is 0.569. The lowest BCUT2D eigenvalue weighted by Crippen LogP contribution is -2.22. The first-order valence-electron chi connectivity index (χ1n) is 5.66. The predicted molar refractivity (Wildman–Crippen MR) is 91.7 cm³/mol. The number of hydrogen-bond acceptors (Lipinski definition) is 2. The van der Waals surface area contributed by atoms with E-state index in [1.165, 1.54) is 17.4 Å². The van der Waals surface area contributed by atoms with Crippen LogP contribution < -0.4 is 5.32 Å². The smallest absolute Gasteiger partial charge is 0.124 e. The Hall–Kier alpha value is 0.310. The fourth-order valence-corrected chi connectivity index (χ4v) is 4.43. The molecule has 1 nitrogen and oxygen atoms in total. The molecule has 0 spiro atoms. The standard InChI is InChI=1S/C13H11BrClFINS/c1-2-18-12(11-6-9(14)13(15)19-11)8-4-3-7(16)5-10(8)17/h3-6,12,18H,2H2,1H3. The number of rotatable bonds is 4. The summed E-state index contributed by atoms with van der Waals surface area (Å²) in [6.07, 6.45) is 0. The van der Waals surface area contributed by atoms with E-state index in [2.05, 4.69) is 43.8 Å². The molecule has 1 heterocycles. The van der Waals surface area contributed by atoms with Crippen LogP contribution in [0, 0.1) is 9.39 Å². The van der Waals surface area contributed by atoms with Gasteiger partial charge in [0.2, 0.25) is 0 Å². The molecule has 0 fully saturated rings. The maximum atomic E-state index is 13.2. The second kappa shape index (κ2) is 6.85. The third kappa shape index (κ3) is 3.69. The van der Waals surface area contributed by atoms with Gasteiger partial charge in [0.05, 0.1) is 6.04 Å². The zero-order chi connectivity index (χ0) is 14.0. The Morgan fingerprint density at radius 1 is 1.47 bits per heavy atom. The van der Waals surface area contributed by atoms with Crippen LogP contribution in [0.25, 0.3) is 0 Å². The van der Waals surface area contributed by atoms with Gasteiger partial charge in [0, 0.05) is 12.9 Å². The molecule has 0 aliphatic carbocycles. The van der Waals surface area contributed by atoms with E-state index in [1.807, 2.05) is 19.1 Å². The third-order valence-corrected chi connectivity index (χ3v) is 6.10. The van der Waals surface area contributed by atoms with Crippen molar-refractivity contribution in [2.45, 2.75) is 13.0 Å².